The van der Waals surface area contributed by atoms with E-state index in [9.17, 15) is 24.9 Å². The number of fused-ring (bicyclic) bond motifs is 5. The molecule has 1 heterocycles. The maximum atomic E-state index is 12.5. The Morgan fingerprint density at radius 1 is 1.13 bits per heavy atom. The van der Waals surface area contributed by atoms with Gasteiger partial charge in [0.05, 0.1) is 29.0 Å². The summed E-state index contributed by atoms with van der Waals surface area (Å²) >= 11 is 0. The van der Waals surface area contributed by atoms with Gasteiger partial charge in [0.2, 0.25) is 0 Å². The number of aliphatic hydroxyl groups excluding tert-OH is 1. The molecule has 1 aromatic heterocycles. The molecule has 3 N–H and O–H groups in total. The second kappa shape index (κ2) is 6.38. The van der Waals surface area contributed by atoms with Crippen LogP contribution in [0, 0.1) is 22.7 Å². The largest absolute Gasteiger partial charge is 0.431 e. The Morgan fingerprint density at radius 2 is 1.90 bits per heavy atom. The van der Waals surface area contributed by atoms with E-state index < -0.39 is 33.8 Å². The second-order valence-corrected chi connectivity index (χ2v) is 10.3. The van der Waals surface area contributed by atoms with Crippen molar-refractivity contribution in [2.24, 2.45) is 22.7 Å². The van der Waals surface area contributed by atoms with Gasteiger partial charge in [0.15, 0.2) is 0 Å². The lowest BCUT2D eigenvalue weighted by Gasteiger charge is -2.63. The Hall–Kier alpha value is -1.76. The second-order valence-electron chi connectivity index (χ2n) is 10.3. The van der Waals surface area contributed by atoms with Gasteiger partial charge in [0, 0.05) is 23.8 Å². The predicted molar refractivity (Wildman–Crippen MR) is 109 cm³/mol. The number of hydrogen-bond acceptors (Lipinski definition) is 6. The molecule has 3 fully saturated rings. The zero-order valence-electron chi connectivity index (χ0n) is 17.3. The van der Waals surface area contributed by atoms with E-state index in [1.165, 1.54) is 12.3 Å². The summed E-state index contributed by atoms with van der Waals surface area (Å²) < 4.78 is 5.07. The van der Waals surface area contributed by atoms with Crippen LogP contribution >= 0.6 is 0 Å². The van der Waals surface area contributed by atoms with E-state index in [-0.39, 0.29) is 24.2 Å². The molecule has 8 atom stereocenters. The van der Waals surface area contributed by atoms with E-state index in [4.69, 9.17) is 4.42 Å². The van der Waals surface area contributed by atoms with Crippen LogP contribution in [0.2, 0.25) is 0 Å². The minimum Gasteiger partial charge on any atom is -0.431 e. The Labute approximate surface area is 175 Å². The van der Waals surface area contributed by atoms with Gasteiger partial charge in [-0.3, -0.25) is 0 Å². The zero-order valence-corrected chi connectivity index (χ0v) is 17.3. The first-order valence-corrected chi connectivity index (χ1v) is 11.1. The van der Waals surface area contributed by atoms with Crippen molar-refractivity contribution in [1.29, 1.82) is 0 Å². The molecule has 6 nitrogen and oxygen atoms in total. The molecule has 4 aliphatic carbocycles. The van der Waals surface area contributed by atoms with Crippen LogP contribution in [0.5, 0.6) is 0 Å². The Balaban J connectivity index is 1.58. The van der Waals surface area contributed by atoms with Gasteiger partial charge in [-0.05, 0) is 62.0 Å². The molecule has 0 unspecified atom stereocenters. The third-order valence-corrected chi connectivity index (χ3v) is 9.37. The van der Waals surface area contributed by atoms with Gasteiger partial charge in [-0.2, -0.15) is 0 Å². The van der Waals surface area contributed by atoms with Gasteiger partial charge in [0.25, 0.3) is 0 Å². The maximum absolute atomic E-state index is 12.5. The molecule has 3 saturated carbocycles. The summed E-state index contributed by atoms with van der Waals surface area (Å²) in [5.74, 6) is -0.660. The molecule has 1 aromatic rings. The predicted octanol–water partition coefficient (Wildman–Crippen LogP) is 2.31. The van der Waals surface area contributed by atoms with Crippen molar-refractivity contribution in [3.05, 3.63) is 46.5 Å². The fourth-order valence-corrected chi connectivity index (χ4v) is 7.91. The molecule has 0 aromatic carbocycles. The first-order chi connectivity index (χ1) is 14.2. The minimum atomic E-state index is -1.16. The zero-order chi connectivity index (χ0) is 21.4. The summed E-state index contributed by atoms with van der Waals surface area (Å²) in [6, 6.07) is 3.03. The quantitative estimate of drug-likeness (QED) is 0.506. The number of carbonyl (C=O) groups is 1. The molecule has 30 heavy (non-hydrogen) atoms. The summed E-state index contributed by atoms with van der Waals surface area (Å²) in [6.07, 6.45) is 9.27. The molecule has 162 valence electrons. The number of hydrogen-bond donors (Lipinski definition) is 3. The summed E-state index contributed by atoms with van der Waals surface area (Å²) in [5, 5.41) is 34.6. The first kappa shape index (κ1) is 20.2. The normalized spacial score (nSPS) is 49.7. The number of rotatable bonds is 2. The van der Waals surface area contributed by atoms with E-state index in [0.717, 1.165) is 18.3 Å². The highest BCUT2D eigenvalue weighted by Crippen LogP contribution is 2.70. The highest BCUT2D eigenvalue weighted by Gasteiger charge is 2.72. The van der Waals surface area contributed by atoms with Crippen molar-refractivity contribution in [2.75, 3.05) is 0 Å². The van der Waals surface area contributed by atoms with Crippen LogP contribution in [-0.4, -0.2) is 38.9 Å². The number of carbonyl (C=O) groups excluding carboxylic acids is 1. The smallest absolute Gasteiger partial charge is 0.335 e. The SMILES string of the molecule is C[C@]12CC[C@H]3[C@@H](CC[C@@]4(O)C=CCC[C@]34C=O)[C@]1(O)C[C@H](O)[C@H]2c1ccc(=O)oc1. The van der Waals surface area contributed by atoms with Crippen molar-refractivity contribution in [3.8, 4) is 0 Å². The number of aliphatic hydroxyl groups is 3. The highest BCUT2D eigenvalue weighted by atomic mass is 16.4. The van der Waals surface area contributed by atoms with Gasteiger partial charge < -0.3 is 24.5 Å². The fourth-order valence-electron chi connectivity index (χ4n) is 7.91. The monoisotopic (exact) mass is 414 g/mol. The molecule has 0 amide bonds. The third-order valence-electron chi connectivity index (χ3n) is 9.37. The Bertz CT molecular complexity index is 933. The summed E-state index contributed by atoms with van der Waals surface area (Å²) in [4.78, 5) is 23.9. The van der Waals surface area contributed by atoms with E-state index in [1.54, 1.807) is 12.1 Å². The molecule has 0 saturated heterocycles. The maximum Gasteiger partial charge on any atom is 0.335 e. The van der Waals surface area contributed by atoms with Crippen molar-refractivity contribution < 1.29 is 24.5 Å². The molecule has 0 aliphatic heterocycles. The molecule has 4 aliphatic rings. The van der Waals surface area contributed by atoms with Crippen molar-refractivity contribution >= 4 is 6.29 Å². The van der Waals surface area contributed by atoms with Crippen molar-refractivity contribution in [1.82, 2.24) is 0 Å². The molecular formula is C24H30O6. The topological polar surface area (TPSA) is 108 Å². The van der Waals surface area contributed by atoms with E-state index in [2.05, 4.69) is 0 Å². The van der Waals surface area contributed by atoms with Gasteiger partial charge in [-0.1, -0.05) is 19.1 Å². The molecule has 0 radical (unpaired) electrons. The number of allylic oxidation sites excluding steroid dienone is 1. The van der Waals surface area contributed by atoms with Crippen LogP contribution in [0.4, 0.5) is 0 Å². The van der Waals surface area contributed by atoms with Crippen LogP contribution in [0.15, 0.2) is 39.8 Å². The van der Waals surface area contributed by atoms with Crippen LogP contribution in [-0.2, 0) is 4.79 Å². The van der Waals surface area contributed by atoms with E-state index in [1.807, 2.05) is 13.0 Å². The average molecular weight is 414 g/mol. The minimum absolute atomic E-state index is 0.128. The standard InChI is InChI=1S/C24H30O6/c1-21-10-6-16-17(7-11-23(28)9-3-2-8-22(16,23)14-25)24(21,29)12-18(26)20(21)15-4-5-19(27)30-13-15/h3-5,9,13-14,16-18,20,26,28-29H,2,6-8,10-12H2,1H3/t16-,17+,18-,20+,21+,22-,23-,24+/m0/s1. The average Bonchev–Trinajstić information content (AvgIpc) is 2.93. The third kappa shape index (κ3) is 2.30. The van der Waals surface area contributed by atoms with Gasteiger partial charge in [0.1, 0.15) is 6.29 Å². The molecule has 0 bridgehead atoms. The fraction of sp³-hybridized carbons (Fsp3) is 0.667. The van der Waals surface area contributed by atoms with E-state index in [0.29, 0.717) is 32.1 Å². The van der Waals surface area contributed by atoms with E-state index >= 15 is 0 Å². The van der Waals surface area contributed by atoms with Crippen molar-refractivity contribution in [3.63, 3.8) is 0 Å². The van der Waals surface area contributed by atoms with Crippen LogP contribution in [0.25, 0.3) is 0 Å². The molecular weight excluding hydrogens is 384 g/mol. The van der Waals surface area contributed by atoms with Crippen molar-refractivity contribution in [2.45, 2.75) is 75.1 Å². The Kier molecular flexibility index (Phi) is 4.28. The summed E-state index contributed by atoms with van der Waals surface area (Å²) in [5.41, 5.74) is -3.54. The lowest BCUT2D eigenvalue weighted by Crippen LogP contribution is -2.67. The van der Waals surface area contributed by atoms with Gasteiger partial charge >= 0.3 is 5.63 Å². The van der Waals surface area contributed by atoms with Crippen LogP contribution in [0.1, 0.15) is 63.4 Å². The summed E-state index contributed by atoms with van der Waals surface area (Å²) in [6.45, 7) is 2.02. The van der Waals surface area contributed by atoms with Crippen LogP contribution in [0.3, 0.4) is 0 Å². The Morgan fingerprint density at radius 3 is 2.60 bits per heavy atom. The van der Waals surface area contributed by atoms with Crippen LogP contribution < -0.4 is 5.63 Å². The van der Waals surface area contributed by atoms with Gasteiger partial charge in [-0.25, -0.2) is 4.79 Å². The first-order valence-electron chi connectivity index (χ1n) is 11.1. The number of aldehydes is 1. The lowest BCUT2D eigenvalue weighted by molar-refractivity contribution is -0.222. The molecule has 0 spiro atoms. The lowest BCUT2D eigenvalue weighted by atomic mass is 9.42. The van der Waals surface area contributed by atoms with Gasteiger partial charge in [-0.15, -0.1) is 0 Å². The molecule has 6 heteroatoms. The highest BCUT2D eigenvalue weighted by molar-refractivity contribution is 5.65. The summed E-state index contributed by atoms with van der Waals surface area (Å²) in [7, 11) is 0. The molecule has 5 rings (SSSR count).